The molecule has 0 atom stereocenters. The molecule has 27 heavy (non-hydrogen) atoms. The maximum absolute atomic E-state index is 12.7. The average Bonchev–Trinajstić information content (AvgIpc) is 2.96. The Balaban J connectivity index is 1.95. The lowest BCUT2D eigenvalue weighted by molar-refractivity contribution is 0.0600. The average molecular weight is 427 g/mol. The van der Waals surface area contributed by atoms with E-state index in [-0.39, 0.29) is 5.91 Å². The molecule has 144 valence electrons. The van der Waals surface area contributed by atoms with Gasteiger partial charge in [0.15, 0.2) is 0 Å². The molecule has 3 rings (SSSR count). The fourth-order valence-corrected chi connectivity index (χ4v) is 4.91. The Morgan fingerprint density at radius 1 is 1.22 bits per heavy atom. The van der Waals surface area contributed by atoms with Crippen LogP contribution < -0.4 is 5.32 Å². The second-order valence-electron chi connectivity index (χ2n) is 6.63. The minimum Gasteiger partial charge on any atom is -0.465 e. The first-order chi connectivity index (χ1) is 12.8. The number of benzene rings is 1. The van der Waals surface area contributed by atoms with Gasteiger partial charge < -0.3 is 10.1 Å². The van der Waals surface area contributed by atoms with Crippen molar-refractivity contribution in [2.45, 2.75) is 32.9 Å². The number of anilines is 1. The summed E-state index contributed by atoms with van der Waals surface area (Å²) >= 11 is 13.4. The zero-order chi connectivity index (χ0) is 19.7. The maximum atomic E-state index is 12.7. The third-order valence-corrected chi connectivity index (χ3v) is 6.13. The minimum absolute atomic E-state index is 0.332. The Hall–Kier alpha value is -1.60. The van der Waals surface area contributed by atoms with E-state index in [1.54, 1.807) is 6.07 Å². The van der Waals surface area contributed by atoms with Crippen molar-refractivity contribution in [2.24, 2.45) is 0 Å². The van der Waals surface area contributed by atoms with Crippen LogP contribution in [0.4, 0.5) is 5.00 Å². The second-order valence-corrected chi connectivity index (χ2v) is 8.60. The lowest BCUT2D eigenvalue weighted by Gasteiger charge is -2.30. The van der Waals surface area contributed by atoms with Crippen LogP contribution in [-0.2, 0) is 17.7 Å². The third-order valence-electron chi connectivity index (χ3n) is 4.56. The van der Waals surface area contributed by atoms with Gasteiger partial charge in [-0.15, -0.1) is 11.3 Å². The SMILES string of the molecule is COC(=O)c1c(NC(=O)c2cc(Cl)cc(Cl)c2)sc2c1CCN(C(C)C)C2. The second kappa shape index (κ2) is 8.19. The number of nitrogens with zero attached hydrogens (tertiary/aromatic N) is 1. The number of nitrogens with one attached hydrogen (secondary N) is 1. The molecule has 0 saturated heterocycles. The Bertz CT molecular complexity index is 875. The number of esters is 1. The van der Waals surface area contributed by atoms with Gasteiger partial charge in [-0.3, -0.25) is 9.69 Å². The number of ether oxygens (including phenoxy) is 1. The summed E-state index contributed by atoms with van der Waals surface area (Å²) in [5.74, 6) is -0.811. The predicted molar refractivity (Wildman–Crippen MR) is 109 cm³/mol. The smallest absolute Gasteiger partial charge is 0.341 e. The van der Waals surface area contributed by atoms with Crippen LogP contribution in [0, 0.1) is 0 Å². The van der Waals surface area contributed by atoms with Gasteiger partial charge in [0.1, 0.15) is 5.00 Å². The van der Waals surface area contributed by atoms with Crippen LogP contribution in [0.25, 0.3) is 0 Å². The first kappa shape index (κ1) is 20.1. The Morgan fingerprint density at radius 2 is 1.89 bits per heavy atom. The van der Waals surface area contributed by atoms with Crippen LogP contribution in [0.1, 0.15) is 45.0 Å². The highest BCUT2D eigenvalue weighted by Gasteiger charge is 2.30. The van der Waals surface area contributed by atoms with Gasteiger partial charge in [0, 0.05) is 39.6 Å². The monoisotopic (exact) mass is 426 g/mol. The van der Waals surface area contributed by atoms with Gasteiger partial charge >= 0.3 is 5.97 Å². The lowest BCUT2D eigenvalue weighted by Crippen LogP contribution is -2.35. The summed E-state index contributed by atoms with van der Waals surface area (Å²) in [5, 5.41) is 4.09. The summed E-state index contributed by atoms with van der Waals surface area (Å²) in [4.78, 5) is 28.5. The fourth-order valence-electron chi connectivity index (χ4n) is 3.13. The number of carbonyl (C=O) groups excluding carboxylic acids is 2. The van der Waals surface area contributed by atoms with Crippen molar-refractivity contribution in [3.05, 3.63) is 49.8 Å². The summed E-state index contributed by atoms with van der Waals surface area (Å²) in [6.45, 7) is 5.90. The summed E-state index contributed by atoms with van der Waals surface area (Å²) in [6.07, 6.45) is 0.743. The highest BCUT2D eigenvalue weighted by atomic mass is 35.5. The number of rotatable bonds is 4. The van der Waals surface area contributed by atoms with Gasteiger partial charge in [-0.25, -0.2) is 4.79 Å². The van der Waals surface area contributed by atoms with Crippen molar-refractivity contribution in [3.8, 4) is 0 Å². The predicted octanol–water partition coefficient (Wildman–Crippen LogP) is 4.86. The molecule has 1 amide bonds. The molecule has 0 aliphatic carbocycles. The first-order valence-electron chi connectivity index (χ1n) is 8.54. The van der Waals surface area contributed by atoms with Gasteiger partial charge in [-0.2, -0.15) is 0 Å². The molecule has 0 saturated carbocycles. The molecule has 1 aliphatic rings. The summed E-state index contributed by atoms with van der Waals surface area (Å²) in [7, 11) is 1.35. The third kappa shape index (κ3) is 4.29. The molecule has 1 aromatic heterocycles. The van der Waals surface area contributed by atoms with E-state index in [4.69, 9.17) is 27.9 Å². The van der Waals surface area contributed by atoms with E-state index >= 15 is 0 Å². The van der Waals surface area contributed by atoms with E-state index in [9.17, 15) is 9.59 Å². The number of methoxy groups -OCH3 is 1. The summed E-state index contributed by atoms with van der Waals surface area (Å²) in [5.41, 5.74) is 1.74. The number of carbonyl (C=O) groups is 2. The van der Waals surface area contributed by atoms with E-state index in [1.165, 1.54) is 30.6 Å². The van der Waals surface area contributed by atoms with Crippen molar-refractivity contribution in [1.29, 1.82) is 0 Å². The fraction of sp³-hybridized carbons (Fsp3) is 0.368. The standard InChI is InChI=1S/C19H20Cl2N2O3S/c1-10(2)23-5-4-14-15(9-23)27-18(16(14)19(25)26-3)22-17(24)11-6-12(20)8-13(21)7-11/h6-8,10H,4-5,9H2,1-3H3,(H,22,24). The zero-order valence-corrected chi connectivity index (χ0v) is 17.6. The van der Waals surface area contributed by atoms with Crippen molar-refractivity contribution < 1.29 is 14.3 Å². The summed E-state index contributed by atoms with van der Waals surface area (Å²) < 4.78 is 4.96. The van der Waals surface area contributed by atoms with Crippen LogP contribution in [0.5, 0.6) is 0 Å². The number of hydrogen-bond acceptors (Lipinski definition) is 5. The quantitative estimate of drug-likeness (QED) is 0.708. The Morgan fingerprint density at radius 3 is 2.48 bits per heavy atom. The number of amides is 1. The molecule has 1 N–H and O–H groups in total. The molecule has 2 heterocycles. The molecule has 1 aromatic carbocycles. The van der Waals surface area contributed by atoms with Gasteiger partial charge in [0.25, 0.3) is 5.91 Å². The number of thiophene rings is 1. The van der Waals surface area contributed by atoms with Gasteiger partial charge in [-0.05, 0) is 44.0 Å². The van der Waals surface area contributed by atoms with Crippen molar-refractivity contribution in [1.82, 2.24) is 4.90 Å². The number of halogens is 2. The Kier molecular flexibility index (Phi) is 6.11. The Labute approximate surface area is 172 Å². The van der Waals surface area contributed by atoms with Crippen LogP contribution in [0.2, 0.25) is 10.0 Å². The molecule has 5 nitrogen and oxygen atoms in total. The van der Waals surface area contributed by atoms with E-state index in [1.807, 2.05) is 0 Å². The number of hydrogen-bond donors (Lipinski definition) is 1. The molecule has 0 radical (unpaired) electrons. The van der Waals surface area contributed by atoms with Gasteiger partial charge in [-0.1, -0.05) is 23.2 Å². The highest BCUT2D eigenvalue weighted by molar-refractivity contribution is 7.17. The van der Waals surface area contributed by atoms with E-state index < -0.39 is 5.97 Å². The number of fused-ring (bicyclic) bond motifs is 1. The lowest BCUT2D eigenvalue weighted by atomic mass is 10.0. The van der Waals surface area contributed by atoms with Crippen LogP contribution in [-0.4, -0.2) is 36.5 Å². The maximum Gasteiger partial charge on any atom is 0.341 e. The molecule has 1 aliphatic heterocycles. The van der Waals surface area contributed by atoms with Crippen LogP contribution >= 0.6 is 34.5 Å². The molecule has 0 bridgehead atoms. The van der Waals surface area contributed by atoms with Crippen LogP contribution in [0.15, 0.2) is 18.2 Å². The van der Waals surface area contributed by atoms with Crippen molar-refractivity contribution in [3.63, 3.8) is 0 Å². The molecular weight excluding hydrogens is 407 g/mol. The molecule has 2 aromatic rings. The van der Waals surface area contributed by atoms with Gasteiger partial charge in [0.2, 0.25) is 0 Å². The molecule has 8 heteroatoms. The van der Waals surface area contributed by atoms with Crippen molar-refractivity contribution >= 4 is 51.4 Å². The van der Waals surface area contributed by atoms with E-state index in [2.05, 4.69) is 24.1 Å². The van der Waals surface area contributed by atoms with E-state index in [0.717, 1.165) is 30.0 Å². The normalized spacial score (nSPS) is 14.1. The summed E-state index contributed by atoms with van der Waals surface area (Å²) in [6, 6.07) is 5.04. The van der Waals surface area contributed by atoms with Gasteiger partial charge in [0.05, 0.1) is 12.7 Å². The zero-order valence-electron chi connectivity index (χ0n) is 15.3. The molecule has 0 spiro atoms. The minimum atomic E-state index is -0.440. The van der Waals surface area contributed by atoms with Crippen molar-refractivity contribution in [2.75, 3.05) is 19.0 Å². The molecule has 0 fully saturated rings. The largest absolute Gasteiger partial charge is 0.465 e. The van der Waals surface area contributed by atoms with E-state index in [0.29, 0.717) is 32.2 Å². The molecule has 0 unspecified atom stereocenters. The van der Waals surface area contributed by atoms with Crippen LogP contribution in [0.3, 0.4) is 0 Å². The topological polar surface area (TPSA) is 58.6 Å². The molecular formula is C19H20Cl2N2O3S. The highest BCUT2D eigenvalue weighted by Crippen LogP contribution is 2.38. The first-order valence-corrected chi connectivity index (χ1v) is 10.1.